The molecule has 3 amide bonds. The van der Waals surface area contributed by atoms with E-state index in [1.54, 1.807) is 29.2 Å². The maximum atomic E-state index is 12.5. The largest absolute Gasteiger partial charge is 0.349 e. The molecule has 1 unspecified atom stereocenters. The first-order valence-electron chi connectivity index (χ1n) is 8.46. The lowest BCUT2D eigenvalue weighted by Gasteiger charge is -2.20. The molecule has 1 atom stereocenters. The lowest BCUT2D eigenvalue weighted by Crippen LogP contribution is -2.33. The van der Waals surface area contributed by atoms with Crippen molar-refractivity contribution in [3.63, 3.8) is 0 Å². The number of amides is 3. The fraction of sp³-hybridized carbons (Fsp3) is 0.500. The topological polar surface area (TPSA) is 78.5 Å². The van der Waals surface area contributed by atoms with Crippen LogP contribution >= 0.6 is 0 Å². The summed E-state index contributed by atoms with van der Waals surface area (Å²) in [7, 11) is 0. The van der Waals surface area contributed by atoms with Gasteiger partial charge >= 0.3 is 0 Å². The molecule has 1 heterocycles. The van der Waals surface area contributed by atoms with Gasteiger partial charge in [-0.25, -0.2) is 0 Å². The predicted octanol–water partition coefficient (Wildman–Crippen LogP) is 1.77. The van der Waals surface area contributed by atoms with E-state index in [1.807, 2.05) is 13.8 Å². The number of para-hydroxylation sites is 1. The molecule has 1 aromatic rings. The number of nitrogens with zero attached hydrogens (tertiary/aromatic N) is 1. The summed E-state index contributed by atoms with van der Waals surface area (Å²) in [6.45, 7) is 4.31. The SMILES string of the molecule is CC(C)N1CC(C(=O)Nc2ccccc2C(=O)NC2CC2)CC1=O. The minimum Gasteiger partial charge on any atom is -0.349 e. The molecule has 0 aromatic heterocycles. The summed E-state index contributed by atoms with van der Waals surface area (Å²) in [5.41, 5.74) is 0.957. The summed E-state index contributed by atoms with van der Waals surface area (Å²) in [5.74, 6) is -0.748. The number of hydrogen-bond acceptors (Lipinski definition) is 3. The average molecular weight is 329 g/mol. The van der Waals surface area contributed by atoms with Gasteiger partial charge in [-0.15, -0.1) is 0 Å². The smallest absolute Gasteiger partial charge is 0.253 e. The number of anilines is 1. The molecule has 2 aliphatic rings. The Kier molecular flexibility index (Phi) is 4.55. The van der Waals surface area contributed by atoms with E-state index in [9.17, 15) is 14.4 Å². The van der Waals surface area contributed by atoms with E-state index < -0.39 is 0 Å². The summed E-state index contributed by atoms with van der Waals surface area (Å²) >= 11 is 0. The van der Waals surface area contributed by atoms with Crippen molar-refractivity contribution < 1.29 is 14.4 Å². The molecule has 6 heteroatoms. The molecule has 2 N–H and O–H groups in total. The maximum absolute atomic E-state index is 12.5. The molecule has 1 aliphatic heterocycles. The first-order chi connectivity index (χ1) is 11.5. The number of likely N-dealkylation sites (tertiary alicyclic amines) is 1. The molecule has 1 aromatic carbocycles. The highest BCUT2D eigenvalue weighted by atomic mass is 16.2. The molecule has 0 bridgehead atoms. The van der Waals surface area contributed by atoms with Crippen molar-refractivity contribution in [3.8, 4) is 0 Å². The van der Waals surface area contributed by atoms with Crippen molar-refractivity contribution >= 4 is 23.4 Å². The van der Waals surface area contributed by atoms with Crippen molar-refractivity contribution in [1.29, 1.82) is 0 Å². The first kappa shape index (κ1) is 16.5. The molecule has 24 heavy (non-hydrogen) atoms. The van der Waals surface area contributed by atoms with Gasteiger partial charge in [0.2, 0.25) is 11.8 Å². The third-order valence-corrected chi connectivity index (χ3v) is 4.49. The number of hydrogen-bond donors (Lipinski definition) is 2. The van der Waals surface area contributed by atoms with Gasteiger partial charge in [0.15, 0.2) is 0 Å². The molecular formula is C18H23N3O3. The third kappa shape index (κ3) is 3.58. The summed E-state index contributed by atoms with van der Waals surface area (Å²) in [4.78, 5) is 38.5. The van der Waals surface area contributed by atoms with Gasteiger partial charge in [-0.05, 0) is 38.8 Å². The summed E-state index contributed by atoms with van der Waals surface area (Å²) in [6.07, 6.45) is 2.24. The molecule has 6 nitrogen and oxygen atoms in total. The van der Waals surface area contributed by atoms with Crippen LogP contribution in [0.15, 0.2) is 24.3 Å². The Bertz CT molecular complexity index is 667. The van der Waals surface area contributed by atoms with E-state index in [1.165, 1.54) is 0 Å². The van der Waals surface area contributed by atoms with E-state index in [0.717, 1.165) is 12.8 Å². The van der Waals surface area contributed by atoms with E-state index in [-0.39, 0.29) is 42.1 Å². The monoisotopic (exact) mass is 329 g/mol. The minimum atomic E-state index is -0.376. The fourth-order valence-corrected chi connectivity index (χ4v) is 2.92. The Hall–Kier alpha value is -2.37. The number of rotatable bonds is 5. The van der Waals surface area contributed by atoms with E-state index in [0.29, 0.717) is 17.8 Å². The van der Waals surface area contributed by atoms with Gasteiger partial charge in [-0.1, -0.05) is 12.1 Å². The van der Waals surface area contributed by atoms with Gasteiger partial charge in [0.1, 0.15) is 0 Å². The number of benzene rings is 1. The molecule has 3 rings (SSSR count). The van der Waals surface area contributed by atoms with Gasteiger partial charge in [0.05, 0.1) is 17.2 Å². The molecule has 128 valence electrons. The zero-order valence-electron chi connectivity index (χ0n) is 14.0. The van der Waals surface area contributed by atoms with Crippen molar-refractivity contribution in [2.75, 3.05) is 11.9 Å². The Morgan fingerprint density at radius 1 is 1.21 bits per heavy atom. The van der Waals surface area contributed by atoms with Crippen LogP contribution in [-0.2, 0) is 9.59 Å². The fourth-order valence-electron chi connectivity index (χ4n) is 2.92. The normalized spacial score (nSPS) is 20.4. The van der Waals surface area contributed by atoms with Crippen molar-refractivity contribution in [2.24, 2.45) is 5.92 Å². The lowest BCUT2D eigenvalue weighted by molar-refractivity contribution is -0.129. The van der Waals surface area contributed by atoms with Crippen LogP contribution in [-0.4, -0.2) is 41.2 Å². The molecule has 1 aliphatic carbocycles. The van der Waals surface area contributed by atoms with Crippen LogP contribution in [0.2, 0.25) is 0 Å². The summed E-state index contributed by atoms with van der Waals surface area (Å²) < 4.78 is 0. The zero-order valence-corrected chi connectivity index (χ0v) is 14.0. The van der Waals surface area contributed by atoms with Gasteiger partial charge in [-0.3, -0.25) is 14.4 Å². The second-order valence-corrected chi connectivity index (χ2v) is 6.82. The molecule has 1 saturated carbocycles. The van der Waals surface area contributed by atoms with E-state index in [4.69, 9.17) is 0 Å². The van der Waals surface area contributed by atoms with Crippen LogP contribution < -0.4 is 10.6 Å². The highest BCUT2D eigenvalue weighted by Crippen LogP contribution is 2.24. The van der Waals surface area contributed by atoms with Gasteiger partial charge in [-0.2, -0.15) is 0 Å². The molecule has 1 saturated heterocycles. The Balaban J connectivity index is 1.68. The van der Waals surface area contributed by atoms with E-state index >= 15 is 0 Å². The van der Waals surface area contributed by atoms with E-state index in [2.05, 4.69) is 10.6 Å². The molecule has 0 spiro atoms. The van der Waals surface area contributed by atoms with Crippen LogP contribution in [0.5, 0.6) is 0 Å². The Morgan fingerprint density at radius 2 is 1.92 bits per heavy atom. The van der Waals surface area contributed by atoms with Crippen molar-refractivity contribution in [2.45, 2.75) is 45.2 Å². The molecule has 0 radical (unpaired) electrons. The summed E-state index contributed by atoms with van der Waals surface area (Å²) in [5, 5.41) is 5.76. The number of carbonyl (C=O) groups excluding carboxylic acids is 3. The predicted molar refractivity (Wildman–Crippen MR) is 90.5 cm³/mol. The standard InChI is InChI=1S/C18H23N3O3/c1-11(2)21-10-12(9-16(21)22)17(23)20-15-6-4-3-5-14(15)18(24)19-13-7-8-13/h3-6,11-13H,7-10H2,1-2H3,(H,19,24)(H,20,23). The van der Waals surface area contributed by atoms with Crippen LogP contribution in [0.1, 0.15) is 43.5 Å². The minimum absolute atomic E-state index is 0.00455. The summed E-state index contributed by atoms with van der Waals surface area (Å²) in [6, 6.07) is 7.32. The van der Waals surface area contributed by atoms with Crippen molar-refractivity contribution in [3.05, 3.63) is 29.8 Å². The molecular weight excluding hydrogens is 306 g/mol. The quantitative estimate of drug-likeness (QED) is 0.864. The molecule has 2 fully saturated rings. The Labute approximate surface area is 141 Å². The third-order valence-electron chi connectivity index (χ3n) is 4.49. The van der Waals surface area contributed by atoms with Crippen LogP contribution in [0, 0.1) is 5.92 Å². The van der Waals surface area contributed by atoms with Gasteiger partial charge in [0, 0.05) is 25.0 Å². The number of nitrogens with one attached hydrogen (secondary N) is 2. The van der Waals surface area contributed by atoms with Crippen LogP contribution in [0.3, 0.4) is 0 Å². The second-order valence-electron chi connectivity index (χ2n) is 6.82. The van der Waals surface area contributed by atoms with Gasteiger partial charge in [0.25, 0.3) is 5.91 Å². The number of carbonyl (C=O) groups is 3. The highest BCUT2D eigenvalue weighted by molar-refractivity contribution is 6.05. The maximum Gasteiger partial charge on any atom is 0.253 e. The first-order valence-corrected chi connectivity index (χ1v) is 8.46. The van der Waals surface area contributed by atoms with Crippen molar-refractivity contribution in [1.82, 2.24) is 10.2 Å². The Morgan fingerprint density at radius 3 is 2.54 bits per heavy atom. The van der Waals surface area contributed by atoms with Crippen LogP contribution in [0.4, 0.5) is 5.69 Å². The van der Waals surface area contributed by atoms with Gasteiger partial charge < -0.3 is 15.5 Å². The highest BCUT2D eigenvalue weighted by Gasteiger charge is 2.35. The average Bonchev–Trinajstić information content (AvgIpc) is 3.26. The zero-order chi connectivity index (χ0) is 17.3. The van der Waals surface area contributed by atoms with Crippen LogP contribution in [0.25, 0.3) is 0 Å². The second kappa shape index (κ2) is 6.63. The lowest BCUT2D eigenvalue weighted by atomic mass is 10.1.